The maximum absolute atomic E-state index is 1.88. The predicted octanol–water partition coefficient (Wildman–Crippen LogP) is 5.25. The Balaban J connectivity index is 0.677. The summed E-state index contributed by atoms with van der Waals surface area (Å²) in [7, 11) is 0. The molecule has 64 unspecified atom stereocenters. The summed E-state index contributed by atoms with van der Waals surface area (Å²) in [4.78, 5) is 0. The number of rotatable bonds is 0. The Hall–Kier alpha value is 0. The molecule has 50 rings (SSSR count). The fourth-order valence-corrected chi connectivity index (χ4v) is 77.6. The third-order valence-electron chi connectivity index (χ3n) is 60.3. The molecule has 50 fully saturated rings. The van der Waals surface area contributed by atoms with Crippen molar-refractivity contribution >= 4 is 0 Å². The van der Waals surface area contributed by atoms with Crippen LogP contribution in [0.1, 0.15) is 25.7 Å². The third kappa shape index (κ3) is 0.462. The van der Waals surface area contributed by atoms with E-state index in [1.807, 2.05) is 25.7 Å². The predicted molar refractivity (Wildman–Crippen MR) is 206 cm³/mol. The van der Waals surface area contributed by atoms with Crippen LogP contribution in [0, 0.1) is 362 Å². The van der Waals surface area contributed by atoms with Crippen LogP contribution in [-0.4, -0.2) is 0 Å². The molecule has 50 saturated carbocycles. The van der Waals surface area contributed by atoms with Crippen molar-refractivity contribution in [3.8, 4) is 0 Å². The molecule has 0 saturated heterocycles. The lowest BCUT2D eigenvalue weighted by Crippen LogP contribution is -3.68. The molecule has 0 amide bonds. The highest BCUT2D eigenvalue weighted by Crippen LogP contribution is 3.73. The van der Waals surface area contributed by atoms with E-state index in [1.165, 1.54) is 178 Å². The van der Waals surface area contributed by atoms with Gasteiger partial charge in [-0.3, -0.25) is 0 Å². The number of hydrogen-bond donors (Lipinski definition) is 0. The molecule has 68 heavy (non-hydrogen) atoms. The van der Waals surface area contributed by atoms with E-state index in [4.69, 9.17) is 0 Å². The molecular weight excluding hydrogens is 817 g/mol. The van der Waals surface area contributed by atoms with E-state index in [0.29, 0.717) is 0 Å². The quantitative estimate of drug-likeness (QED) is 0.313. The van der Waals surface area contributed by atoms with Gasteiger partial charge in [-0.05, 0) is 387 Å². The van der Waals surface area contributed by atoms with Crippen LogP contribution in [0.5, 0.6) is 0 Å². The van der Waals surface area contributed by atoms with Gasteiger partial charge in [0.1, 0.15) is 0 Å². The molecule has 0 bridgehead atoms. The molecule has 64 atom stereocenters. The van der Waals surface area contributed by atoms with Crippen LogP contribution in [0.2, 0.25) is 0 Å². The van der Waals surface area contributed by atoms with Crippen molar-refractivity contribution in [2.75, 3.05) is 0 Å². The molecule has 310 valence electrons. The Bertz CT molecular complexity index is 4880. The third-order valence-corrected chi connectivity index (χ3v) is 60.3. The van der Waals surface area contributed by atoms with Crippen LogP contribution in [0.4, 0.5) is 0 Å². The zero-order valence-corrected chi connectivity index (χ0v) is 37.1. The van der Waals surface area contributed by atoms with E-state index in [-0.39, 0.29) is 0 Å². The van der Waals surface area contributed by atoms with Crippen molar-refractivity contribution in [1.82, 2.24) is 0 Å². The topological polar surface area (TPSA) is 0 Å². The standard InChI is InChI=1S/C68H38/c1-5-2-7-15-19-23-27-31-33-29-25-21-17-11-4-9-14-8-3-10-16-20-24-28-32-30-26-22-18-12-6(1)13-34-35(5,7)39(15)44(19)48(23)52(27)56(31)58(33)54(29)50(25)46(21)42(17)37(9,11)40(14)36(8,10)41(16)45(20)49(24)53(28)57(32)55(30)51(26)47(22)43(18)38(12,13)59(34,39)61(43,44)63(47,48)65(51,52)67(55,56)68(57,58)66(53,54)64(49,50)62(45,46)60(40,41)42/h5-34H,1-4H2. The minimum atomic E-state index is 1.07. The van der Waals surface area contributed by atoms with E-state index in [0.717, 1.165) is 184 Å². The van der Waals surface area contributed by atoms with Crippen LogP contribution in [-0.2, 0) is 0 Å². The Morgan fingerprint density at radius 1 is 0.191 bits per heavy atom. The largest absolute Gasteiger partial charge is 0.0464 e. The van der Waals surface area contributed by atoms with Crippen molar-refractivity contribution in [2.24, 2.45) is 362 Å². The molecule has 0 aromatic carbocycles. The molecule has 0 aliphatic heterocycles. The van der Waals surface area contributed by atoms with Gasteiger partial charge in [0.25, 0.3) is 0 Å². The zero-order chi connectivity index (χ0) is 37.1. The van der Waals surface area contributed by atoms with Crippen LogP contribution in [0.15, 0.2) is 0 Å². The molecule has 0 heterocycles. The lowest BCUT2D eigenvalue weighted by atomic mass is 8.33. The summed E-state index contributed by atoms with van der Waals surface area (Å²) in [6.45, 7) is 0. The summed E-state index contributed by atoms with van der Waals surface area (Å²) in [5.74, 6) is 42.5. The molecule has 0 aromatic heterocycles. The highest BCUT2D eigenvalue weighted by atomic mass is 15.7. The second-order valence-electron chi connectivity index (χ2n) is 44.6. The number of fused-ring (bicyclic) bond motifs is 24. The first-order chi connectivity index (χ1) is 33.8. The van der Waals surface area contributed by atoms with Gasteiger partial charge in [0.15, 0.2) is 0 Å². The monoisotopic (exact) mass is 854 g/mol. The van der Waals surface area contributed by atoms with Gasteiger partial charge < -0.3 is 0 Å². The fraction of sp³-hybridized carbons (Fsp3) is 1.00. The molecule has 0 radical (unpaired) electrons. The lowest BCUT2D eigenvalue weighted by molar-refractivity contribution is -1.25. The minimum Gasteiger partial charge on any atom is -0.0464 e. The molecule has 0 aromatic rings. The van der Waals surface area contributed by atoms with Gasteiger partial charge in [-0.1, -0.05) is 0 Å². The van der Waals surface area contributed by atoms with E-state index >= 15 is 0 Å². The van der Waals surface area contributed by atoms with Crippen molar-refractivity contribution in [3.63, 3.8) is 0 Å². The maximum Gasteiger partial charge on any atom is -0.000715 e. The molecule has 0 heteroatoms. The Morgan fingerprint density at radius 3 is 1.00 bits per heavy atom. The summed E-state index contributed by atoms with van der Waals surface area (Å²) < 4.78 is 0. The molecule has 50 aliphatic carbocycles. The Kier molecular flexibility index (Phi) is 1.08. The van der Waals surface area contributed by atoms with E-state index in [9.17, 15) is 0 Å². The average Bonchev–Trinajstić information content (AvgIpc) is 0.831. The lowest BCUT2D eigenvalue weighted by Gasteiger charge is -3.69. The smallest absolute Gasteiger partial charge is 0.000715 e. The fourth-order valence-electron chi connectivity index (χ4n) is 77.6. The molecular formula is C68H38. The average molecular weight is 855 g/mol. The van der Waals surface area contributed by atoms with Gasteiger partial charge in [0, 0.05) is 0 Å². The second kappa shape index (κ2) is 3.29. The van der Waals surface area contributed by atoms with Gasteiger partial charge >= 0.3 is 0 Å². The second-order valence-corrected chi connectivity index (χ2v) is 44.6. The first kappa shape index (κ1) is 22.3. The van der Waals surface area contributed by atoms with Gasteiger partial charge in [-0.15, -0.1) is 0 Å². The SMILES string of the molecule is C1C2C3C4C56C1CC5C1C5C7C8C9C%10C%11C%12C%13C%14C%15CC%16C%17C%18CC%19C%20C%21C%22C%23C%24C%25C%26C%27C%28C2C32C43C16C51C74C85C96C%107C%118C%129C%13%10C%14%11C%16%15C%17%12C%18%19C%20%13C%21%14C%22%15C%23%16C%24%17C%25%18C%26%19C%27%20C%282C31C%204C%195C%186C%177C%168C%159C%14%10C%12%13%11. The van der Waals surface area contributed by atoms with Crippen molar-refractivity contribution < 1.29 is 0 Å². The molecule has 0 nitrogen and oxygen atoms in total. The highest BCUT2D eigenvalue weighted by Gasteiger charge is 3.73. The first-order valence-corrected chi connectivity index (χ1v) is 33.8. The summed E-state index contributed by atoms with van der Waals surface area (Å²) in [5, 5.41) is 0. The van der Waals surface area contributed by atoms with Gasteiger partial charge in [0.2, 0.25) is 0 Å². The highest BCUT2D eigenvalue weighted by molar-refractivity contribution is 6.17. The maximum atomic E-state index is 1.88. The van der Waals surface area contributed by atoms with Crippen LogP contribution in [0.25, 0.3) is 0 Å². The van der Waals surface area contributed by atoms with Crippen LogP contribution < -0.4 is 0 Å². The van der Waals surface area contributed by atoms with E-state index in [2.05, 4.69) is 0 Å². The molecule has 0 N–H and O–H groups in total. The van der Waals surface area contributed by atoms with Crippen LogP contribution >= 0.6 is 0 Å². The summed E-state index contributed by atoms with van der Waals surface area (Å²) in [6, 6.07) is 0. The van der Waals surface area contributed by atoms with Gasteiger partial charge in [-0.25, -0.2) is 0 Å². The van der Waals surface area contributed by atoms with Crippen molar-refractivity contribution in [1.29, 1.82) is 0 Å². The van der Waals surface area contributed by atoms with Crippen molar-refractivity contribution in [3.05, 3.63) is 0 Å². The first-order valence-electron chi connectivity index (χ1n) is 33.8. The van der Waals surface area contributed by atoms with Gasteiger partial charge in [0.05, 0.1) is 0 Å². The van der Waals surface area contributed by atoms with E-state index in [1.54, 1.807) is 0 Å². The molecule has 34 spiro atoms. The summed E-state index contributed by atoms with van der Waals surface area (Å²) in [5.41, 5.74) is 38.5. The summed E-state index contributed by atoms with van der Waals surface area (Å²) >= 11 is 0. The van der Waals surface area contributed by atoms with Crippen LogP contribution in [0.3, 0.4) is 0 Å². The Morgan fingerprint density at radius 2 is 0.529 bits per heavy atom. The van der Waals surface area contributed by atoms with E-state index < -0.39 is 0 Å². The normalized spacial score (nSPS) is 145. The summed E-state index contributed by atoms with van der Waals surface area (Å²) in [6.07, 6.45) is 7.45. The minimum absolute atomic E-state index is 1.07. The molecule has 50 aliphatic rings. The Labute approximate surface area is 385 Å². The number of hydrogen-bond acceptors (Lipinski definition) is 0. The van der Waals surface area contributed by atoms with Crippen molar-refractivity contribution in [2.45, 2.75) is 25.7 Å². The van der Waals surface area contributed by atoms with Gasteiger partial charge in [-0.2, -0.15) is 0 Å². The zero-order valence-electron chi connectivity index (χ0n) is 37.1.